The van der Waals surface area contributed by atoms with Gasteiger partial charge < -0.3 is 23.5 Å². The largest absolute Gasteiger partial charge is 0.509 e. The molecule has 13 rings (SSSR count). The first-order valence-electron chi connectivity index (χ1n) is 34.6. The van der Waals surface area contributed by atoms with E-state index in [-0.39, 0.29) is 62.0 Å². The summed E-state index contributed by atoms with van der Waals surface area (Å²) in [6, 6.07) is 66.6. The summed E-state index contributed by atoms with van der Waals surface area (Å²) in [5.74, 6) is 4.27. The molecule has 0 bridgehead atoms. The van der Waals surface area contributed by atoms with E-state index in [0.717, 1.165) is 72.2 Å². The Morgan fingerprint density at radius 2 is 0.989 bits per heavy atom. The van der Waals surface area contributed by atoms with Crippen LogP contribution in [-0.2, 0) is 26.5 Å². The molecule has 3 aromatic heterocycles. The molecule has 1 aliphatic heterocycles. The molecule has 0 atom stereocenters. The molecule has 6 nitrogen and oxygen atoms in total. The van der Waals surface area contributed by atoms with Gasteiger partial charge in [0.1, 0.15) is 17.0 Å². The van der Waals surface area contributed by atoms with Gasteiger partial charge >= 0.3 is 0 Å². The van der Waals surface area contributed by atoms with E-state index in [1.54, 1.807) is 0 Å². The van der Waals surface area contributed by atoms with Gasteiger partial charge in [0, 0.05) is 83.2 Å². The Bertz CT molecular complexity index is 4710. The fourth-order valence-corrected chi connectivity index (χ4v) is 14.6. The van der Waals surface area contributed by atoms with E-state index in [2.05, 4.69) is 316 Å². The normalized spacial score (nSPS) is 13.0. The number of aromatic nitrogens is 2. The standard InChI is InChI=1S/C88H93N4O2.Pt/c1-50(2)58-42-72(54(9)10)83(73(43-58)55(11)12)70-29-25-30-71(84-74(56(13)14)44-59(51(3)4)45-75(84)57(15)16)86(70)91-49-90(76-31-21-22-32-77(76)91)62-40-60(82-65(52(5)6)27-24-28-66(82)53(7)8)41-64(47-62)93-63-34-35-69-79(48-63)92(81-46-61(38-39-89-81)88(17,18)19)78-37-36-68-67-26-20-23-33-80(67)94-87(68)85(69)78;/h20-46,49-57H,1-19H3;/q-3;. The van der Waals surface area contributed by atoms with Crippen molar-refractivity contribution in [1.82, 2.24) is 9.55 Å². The van der Waals surface area contributed by atoms with Crippen molar-refractivity contribution in [1.29, 1.82) is 0 Å². The number of para-hydroxylation sites is 4. The van der Waals surface area contributed by atoms with Crippen molar-refractivity contribution in [3.05, 3.63) is 233 Å². The summed E-state index contributed by atoms with van der Waals surface area (Å²) >= 11 is 0. The molecule has 0 saturated carbocycles. The number of fused-ring (bicyclic) bond motifs is 8. The molecule has 7 heteroatoms. The van der Waals surface area contributed by atoms with Crippen LogP contribution in [0.4, 0.5) is 22.7 Å². The molecule has 4 heterocycles. The van der Waals surface area contributed by atoms with Gasteiger partial charge in [0.25, 0.3) is 0 Å². The average molecular weight is 1430 g/mol. The Morgan fingerprint density at radius 1 is 0.463 bits per heavy atom. The number of hydrogen-bond donors (Lipinski definition) is 0. The van der Waals surface area contributed by atoms with Crippen LogP contribution in [0.2, 0.25) is 0 Å². The van der Waals surface area contributed by atoms with Gasteiger partial charge in [-0.1, -0.05) is 233 Å². The molecule has 0 unspecified atom stereocenters. The number of ether oxygens (including phenoxy) is 1. The van der Waals surface area contributed by atoms with E-state index in [9.17, 15) is 0 Å². The topological polar surface area (TPSA) is 46.7 Å². The molecular formula is C88H93N4O2Pt-3. The smallest absolute Gasteiger partial charge is 0.135 e. The summed E-state index contributed by atoms with van der Waals surface area (Å²) in [5, 5.41) is 4.16. The minimum atomic E-state index is -0.110. The molecule has 490 valence electrons. The predicted octanol–water partition coefficient (Wildman–Crippen LogP) is 26.2. The zero-order chi connectivity index (χ0) is 66.5. The Morgan fingerprint density at radius 3 is 1.54 bits per heavy atom. The van der Waals surface area contributed by atoms with Gasteiger partial charge in [-0.25, -0.2) is 4.98 Å². The zero-order valence-electron chi connectivity index (χ0n) is 59.2. The average Bonchev–Trinajstić information content (AvgIpc) is 1.65. The molecule has 0 spiro atoms. The third-order valence-electron chi connectivity index (χ3n) is 19.7. The SMILES string of the molecule is CC(C)c1cc(C(C)C)c(-c2cccc(-c3c(C(C)C)cc(C(C)C)cc3C(C)C)c2N2[CH-]N(c3[c-]c(Oc4[c-]c5c(cc4)c4c6oc7ccccc7c6ccc4n5-c4cc(C(C)(C)C)ccn4)cc(-c4c(C(C)C)cccc4C(C)C)c3)c3ccccc32)c(C(C)C)c1.[Pt]. The molecule has 0 N–H and O–H groups in total. The van der Waals surface area contributed by atoms with E-state index < -0.39 is 0 Å². The van der Waals surface area contributed by atoms with Crippen LogP contribution in [0, 0.1) is 18.8 Å². The first-order valence-corrected chi connectivity index (χ1v) is 34.6. The third kappa shape index (κ3) is 12.0. The van der Waals surface area contributed by atoms with Crippen molar-refractivity contribution in [2.75, 3.05) is 9.80 Å². The zero-order valence-corrected chi connectivity index (χ0v) is 61.5. The Kier molecular flexibility index (Phi) is 18.4. The first-order chi connectivity index (χ1) is 44.9. The molecule has 0 fully saturated rings. The summed E-state index contributed by atoms with van der Waals surface area (Å²) < 4.78 is 16.4. The molecule has 1 aliphatic rings. The van der Waals surface area contributed by atoms with E-state index >= 15 is 0 Å². The van der Waals surface area contributed by atoms with Crippen LogP contribution in [0.15, 0.2) is 168 Å². The predicted molar refractivity (Wildman–Crippen MR) is 399 cm³/mol. The molecule has 12 aromatic rings. The summed E-state index contributed by atoms with van der Waals surface area (Å²) in [6.45, 7) is 46.6. The van der Waals surface area contributed by atoms with Crippen molar-refractivity contribution in [3.63, 3.8) is 0 Å². The second kappa shape index (κ2) is 26.1. The first kappa shape index (κ1) is 66.8. The maximum absolute atomic E-state index is 7.38. The Labute approximate surface area is 580 Å². The minimum absolute atomic E-state index is 0. The van der Waals surface area contributed by atoms with E-state index in [1.165, 1.54) is 83.6 Å². The maximum Gasteiger partial charge on any atom is 0.135 e. The number of furan rings is 1. The quantitative estimate of drug-likeness (QED) is 0.0902. The number of anilines is 4. The van der Waals surface area contributed by atoms with Gasteiger partial charge in [0.2, 0.25) is 0 Å². The number of rotatable bonds is 16. The number of benzene rings is 9. The van der Waals surface area contributed by atoms with E-state index in [4.69, 9.17) is 14.1 Å². The molecule has 0 aliphatic carbocycles. The van der Waals surface area contributed by atoms with Crippen LogP contribution in [0.1, 0.15) is 229 Å². The monoisotopic (exact) mass is 1430 g/mol. The summed E-state index contributed by atoms with van der Waals surface area (Å²) in [4.78, 5) is 9.96. The van der Waals surface area contributed by atoms with Gasteiger partial charge in [-0.05, 0) is 167 Å². The van der Waals surface area contributed by atoms with Crippen LogP contribution in [-0.4, -0.2) is 9.55 Å². The molecule has 0 saturated heterocycles. The van der Waals surface area contributed by atoms with Crippen LogP contribution >= 0.6 is 0 Å². The van der Waals surface area contributed by atoms with Gasteiger partial charge in [-0.2, -0.15) is 6.07 Å². The minimum Gasteiger partial charge on any atom is -0.509 e. The molecule has 9 aromatic carbocycles. The van der Waals surface area contributed by atoms with Crippen LogP contribution in [0.25, 0.3) is 82.9 Å². The Balaban J connectivity index is 0.00000864. The van der Waals surface area contributed by atoms with Crippen LogP contribution < -0.4 is 14.5 Å². The van der Waals surface area contributed by atoms with E-state index in [1.807, 2.05) is 12.3 Å². The number of hydrogen-bond acceptors (Lipinski definition) is 5. The molecule has 0 amide bonds. The van der Waals surface area contributed by atoms with Gasteiger partial charge in [-0.15, -0.1) is 48.3 Å². The molecule has 0 radical (unpaired) electrons. The van der Waals surface area contributed by atoms with Crippen molar-refractivity contribution < 1.29 is 30.2 Å². The van der Waals surface area contributed by atoms with Gasteiger partial charge in [-0.3, -0.25) is 0 Å². The van der Waals surface area contributed by atoms with Crippen molar-refractivity contribution >= 4 is 66.5 Å². The fourth-order valence-electron chi connectivity index (χ4n) is 14.6. The molecular weight excluding hydrogens is 1340 g/mol. The summed E-state index contributed by atoms with van der Waals surface area (Å²) in [6.07, 6.45) is 1.93. The number of pyridine rings is 1. The molecule has 95 heavy (non-hydrogen) atoms. The number of nitrogens with zero attached hydrogens (tertiary/aromatic N) is 4. The summed E-state index contributed by atoms with van der Waals surface area (Å²) in [7, 11) is 0. The Hall–Kier alpha value is -8.18. The summed E-state index contributed by atoms with van der Waals surface area (Å²) in [5.41, 5.74) is 27.0. The van der Waals surface area contributed by atoms with Crippen molar-refractivity contribution in [3.8, 4) is 50.7 Å². The maximum atomic E-state index is 7.38. The van der Waals surface area contributed by atoms with Gasteiger partial charge in [0.15, 0.2) is 0 Å². The second-order valence-electron chi connectivity index (χ2n) is 30.0. The van der Waals surface area contributed by atoms with Crippen molar-refractivity contribution in [2.24, 2.45) is 0 Å². The third-order valence-corrected chi connectivity index (χ3v) is 19.7. The second-order valence-corrected chi connectivity index (χ2v) is 30.0. The fraction of sp³-hybridized carbons (Fsp3) is 0.318. The van der Waals surface area contributed by atoms with Gasteiger partial charge in [0.05, 0.1) is 0 Å². The van der Waals surface area contributed by atoms with Crippen molar-refractivity contribution in [2.45, 2.75) is 184 Å². The van der Waals surface area contributed by atoms with Crippen LogP contribution in [0.5, 0.6) is 11.5 Å². The van der Waals surface area contributed by atoms with Crippen LogP contribution in [0.3, 0.4) is 0 Å². The van der Waals surface area contributed by atoms with E-state index in [0.29, 0.717) is 23.3 Å².